The second-order valence-corrected chi connectivity index (χ2v) is 5.15. The molecule has 0 radical (unpaired) electrons. The van der Waals surface area contributed by atoms with E-state index in [0.717, 1.165) is 19.6 Å². The molecule has 0 bridgehead atoms. The van der Waals surface area contributed by atoms with Gasteiger partial charge >= 0.3 is 0 Å². The number of rotatable bonds is 3. The summed E-state index contributed by atoms with van der Waals surface area (Å²) in [6, 6.07) is 1.29. The van der Waals surface area contributed by atoms with E-state index in [4.69, 9.17) is 0 Å². The van der Waals surface area contributed by atoms with Crippen LogP contribution in [0.5, 0.6) is 0 Å². The zero-order valence-corrected chi connectivity index (χ0v) is 11.2. The van der Waals surface area contributed by atoms with Crippen LogP contribution in [0.2, 0.25) is 0 Å². The summed E-state index contributed by atoms with van der Waals surface area (Å²) in [7, 11) is 1.98. The normalized spacial score (nSPS) is 27.0. The lowest BCUT2D eigenvalue weighted by Crippen LogP contribution is -2.39. The van der Waals surface area contributed by atoms with Crippen molar-refractivity contribution < 1.29 is 0 Å². The molecule has 2 atom stereocenters. The summed E-state index contributed by atoms with van der Waals surface area (Å²) in [6.07, 6.45) is 6.53. The number of nitrogens with zero attached hydrogens (tertiary/aromatic N) is 3. The Bertz CT molecular complexity index is 347. The summed E-state index contributed by atoms with van der Waals surface area (Å²) >= 11 is 0. The lowest BCUT2D eigenvalue weighted by molar-refractivity contribution is 0.194. The summed E-state index contributed by atoms with van der Waals surface area (Å²) in [4.78, 5) is 2.57. The predicted molar refractivity (Wildman–Crippen MR) is 69.8 cm³/mol. The van der Waals surface area contributed by atoms with Crippen LogP contribution in [0.15, 0.2) is 12.4 Å². The molecule has 0 aliphatic carbocycles. The number of hydrogen-bond donors (Lipinski definition) is 1. The van der Waals surface area contributed by atoms with Crippen LogP contribution >= 0.6 is 0 Å². The van der Waals surface area contributed by atoms with Crippen molar-refractivity contribution in [2.24, 2.45) is 7.05 Å². The van der Waals surface area contributed by atoms with Crippen molar-refractivity contribution in [2.75, 3.05) is 13.1 Å². The van der Waals surface area contributed by atoms with Gasteiger partial charge in [-0.3, -0.25) is 9.58 Å². The minimum Gasteiger partial charge on any atom is -0.313 e. The number of nitrogens with one attached hydrogen (secondary N) is 1. The first-order valence-electron chi connectivity index (χ1n) is 6.64. The Morgan fingerprint density at radius 1 is 1.53 bits per heavy atom. The van der Waals surface area contributed by atoms with Crippen molar-refractivity contribution in [3.63, 3.8) is 0 Å². The molecule has 1 aliphatic heterocycles. The fraction of sp³-hybridized carbons (Fsp3) is 0.769. The zero-order valence-electron chi connectivity index (χ0n) is 11.2. The van der Waals surface area contributed by atoms with Gasteiger partial charge in [0.2, 0.25) is 0 Å². The molecule has 2 heterocycles. The average molecular weight is 236 g/mol. The van der Waals surface area contributed by atoms with Crippen LogP contribution in [-0.4, -0.2) is 39.9 Å². The van der Waals surface area contributed by atoms with Gasteiger partial charge in [-0.05, 0) is 26.3 Å². The van der Waals surface area contributed by atoms with E-state index in [1.165, 1.54) is 18.4 Å². The van der Waals surface area contributed by atoms with Crippen LogP contribution in [0.3, 0.4) is 0 Å². The van der Waals surface area contributed by atoms with E-state index >= 15 is 0 Å². The molecular formula is C13H24N4. The maximum absolute atomic E-state index is 4.24. The van der Waals surface area contributed by atoms with Crippen LogP contribution < -0.4 is 5.32 Å². The van der Waals surface area contributed by atoms with E-state index in [0.29, 0.717) is 12.1 Å². The third-order valence-corrected chi connectivity index (χ3v) is 3.71. The Morgan fingerprint density at radius 2 is 2.35 bits per heavy atom. The first kappa shape index (κ1) is 12.6. The Balaban J connectivity index is 2.01. The van der Waals surface area contributed by atoms with E-state index in [1.54, 1.807) is 0 Å². The van der Waals surface area contributed by atoms with Crippen LogP contribution in [0.25, 0.3) is 0 Å². The second-order valence-electron chi connectivity index (χ2n) is 5.15. The lowest BCUT2D eigenvalue weighted by atomic mass is 10.1. The second kappa shape index (κ2) is 5.65. The monoisotopic (exact) mass is 236 g/mol. The molecule has 0 aromatic carbocycles. The highest BCUT2D eigenvalue weighted by Crippen LogP contribution is 2.14. The Morgan fingerprint density at radius 3 is 3.00 bits per heavy atom. The SMILES string of the molecule is CCC1CN(Cc2cnn(C)c2)C(C)CCN1. The Labute approximate surface area is 104 Å². The minimum atomic E-state index is 0.636. The van der Waals surface area contributed by atoms with Gasteiger partial charge in [-0.1, -0.05) is 6.92 Å². The molecule has 1 aromatic rings. The summed E-state index contributed by atoms with van der Waals surface area (Å²) < 4.78 is 1.88. The first-order chi connectivity index (χ1) is 8.19. The standard InChI is InChI=1S/C13H24N4/c1-4-13-10-17(11(2)5-6-14-13)9-12-7-15-16(3)8-12/h7-8,11,13-14H,4-6,9-10H2,1-3H3. The van der Waals surface area contributed by atoms with Crippen molar-refractivity contribution >= 4 is 0 Å². The smallest absolute Gasteiger partial charge is 0.0534 e. The molecule has 1 aliphatic rings. The Kier molecular flexibility index (Phi) is 4.18. The molecule has 4 heteroatoms. The van der Waals surface area contributed by atoms with Gasteiger partial charge in [-0.25, -0.2) is 0 Å². The highest BCUT2D eigenvalue weighted by Gasteiger charge is 2.22. The maximum atomic E-state index is 4.24. The molecule has 1 aromatic heterocycles. The highest BCUT2D eigenvalue weighted by molar-refractivity contribution is 5.04. The van der Waals surface area contributed by atoms with Crippen LogP contribution in [0.1, 0.15) is 32.3 Å². The number of aryl methyl sites for hydroxylation is 1. The van der Waals surface area contributed by atoms with Gasteiger partial charge in [0.15, 0.2) is 0 Å². The molecule has 2 unspecified atom stereocenters. The minimum absolute atomic E-state index is 0.636. The van der Waals surface area contributed by atoms with Gasteiger partial charge in [0.05, 0.1) is 6.20 Å². The first-order valence-corrected chi connectivity index (χ1v) is 6.64. The molecule has 17 heavy (non-hydrogen) atoms. The highest BCUT2D eigenvalue weighted by atomic mass is 15.3. The topological polar surface area (TPSA) is 33.1 Å². The van der Waals surface area contributed by atoms with Gasteiger partial charge in [-0.15, -0.1) is 0 Å². The van der Waals surface area contributed by atoms with Crippen molar-refractivity contribution in [2.45, 2.75) is 45.3 Å². The average Bonchev–Trinajstić information content (AvgIpc) is 2.62. The molecule has 1 fully saturated rings. The van der Waals surface area contributed by atoms with Crippen molar-refractivity contribution in [3.05, 3.63) is 18.0 Å². The molecule has 0 amide bonds. The van der Waals surface area contributed by atoms with E-state index in [2.05, 4.69) is 35.4 Å². The molecular weight excluding hydrogens is 212 g/mol. The van der Waals surface area contributed by atoms with Gasteiger partial charge < -0.3 is 5.32 Å². The quantitative estimate of drug-likeness (QED) is 0.861. The molecule has 0 spiro atoms. The predicted octanol–water partition coefficient (Wildman–Crippen LogP) is 1.38. The van der Waals surface area contributed by atoms with Crippen molar-refractivity contribution in [3.8, 4) is 0 Å². The summed E-state index contributed by atoms with van der Waals surface area (Å²) in [6.45, 7) is 7.90. The van der Waals surface area contributed by atoms with E-state index in [1.807, 2.05) is 17.9 Å². The molecule has 1 N–H and O–H groups in total. The van der Waals surface area contributed by atoms with E-state index < -0.39 is 0 Å². The Hall–Kier alpha value is -0.870. The third-order valence-electron chi connectivity index (χ3n) is 3.71. The summed E-state index contributed by atoms with van der Waals surface area (Å²) in [5.74, 6) is 0. The molecule has 1 saturated heterocycles. The van der Waals surface area contributed by atoms with Crippen LogP contribution in [0.4, 0.5) is 0 Å². The van der Waals surface area contributed by atoms with Gasteiger partial charge in [0.1, 0.15) is 0 Å². The summed E-state index contributed by atoms with van der Waals surface area (Å²) in [5.41, 5.74) is 1.32. The maximum Gasteiger partial charge on any atom is 0.0534 e. The van der Waals surface area contributed by atoms with Gasteiger partial charge in [0.25, 0.3) is 0 Å². The van der Waals surface area contributed by atoms with Crippen LogP contribution in [0, 0.1) is 0 Å². The zero-order chi connectivity index (χ0) is 12.3. The van der Waals surface area contributed by atoms with Crippen molar-refractivity contribution in [1.82, 2.24) is 20.0 Å². The largest absolute Gasteiger partial charge is 0.313 e. The van der Waals surface area contributed by atoms with E-state index in [-0.39, 0.29) is 0 Å². The van der Waals surface area contributed by atoms with Crippen molar-refractivity contribution in [1.29, 1.82) is 0 Å². The lowest BCUT2D eigenvalue weighted by Gasteiger charge is -2.28. The van der Waals surface area contributed by atoms with Gasteiger partial charge in [0, 0.05) is 44.0 Å². The molecule has 4 nitrogen and oxygen atoms in total. The number of hydrogen-bond acceptors (Lipinski definition) is 3. The molecule has 2 rings (SSSR count). The third kappa shape index (κ3) is 3.30. The fourth-order valence-electron chi connectivity index (χ4n) is 2.49. The van der Waals surface area contributed by atoms with Crippen LogP contribution in [-0.2, 0) is 13.6 Å². The summed E-state index contributed by atoms with van der Waals surface area (Å²) in [5, 5.41) is 7.86. The van der Waals surface area contributed by atoms with E-state index in [9.17, 15) is 0 Å². The molecule has 96 valence electrons. The number of aromatic nitrogens is 2. The fourth-order valence-corrected chi connectivity index (χ4v) is 2.49. The van der Waals surface area contributed by atoms with Gasteiger partial charge in [-0.2, -0.15) is 5.10 Å². The molecule has 0 saturated carbocycles.